The summed E-state index contributed by atoms with van der Waals surface area (Å²) >= 11 is 0. The molecule has 2 N–H and O–H groups in total. The maximum Gasteiger partial charge on any atom is 0.411 e. The van der Waals surface area contributed by atoms with E-state index in [9.17, 15) is 29.4 Å². The second-order valence-corrected chi connectivity index (χ2v) is 7.79. The number of carbonyl (C=O) groups is 4. The van der Waals surface area contributed by atoms with Gasteiger partial charge in [-0.05, 0) is 23.3 Å². The van der Waals surface area contributed by atoms with Crippen molar-refractivity contribution >= 4 is 23.6 Å². The van der Waals surface area contributed by atoms with Gasteiger partial charge in [-0.3, -0.25) is 14.5 Å². The molecule has 34 heavy (non-hydrogen) atoms. The predicted molar refractivity (Wildman–Crippen MR) is 120 cm³/mol. The number of benzene rings is 3. The molecule has 0 aromatic heterocycles. The number of carboxylic acids is 1. The topological polar surface area (TPSA) is 121 Å². The zero-order valence-corrected chi connectivity index (χ0v) is 18.0. The van der Waals surface area contributed by atoms with E-state index in [4.69, 9.17) is 4.74 Å². The molecular weight excluding hydrogens is 438 g/mol. The predicted octanol–water partition coefficient (Wildman–Crippen LogP) is 3.05. The molecule has 1 aliphatic rings. The fraction of sp³-hybridized carbons (Fsp3) is 0.154. The van der Waals surface area contributed by atoms with E-state index in [-0.39, 0.29) is 35.8 Å². The molecule has 0 bridgehead atoms. The largest absolute Gasteiger partial charge is 0.480 e. The van der Waals surface area contributed by atoms with Crippen LogP contribution in [0.4, 0.5) is 4.79 Å². The summed E-state index contributed by atoms with van der Waals surface area (Å²) < 4.78 is 5.33. The zero-order valence-electron chi connectivity index (χ0n) is 18.0. The Kier molecular flexibility index (Phi) is 6.51. The third-order valence-corrected chi connectivity index (χ3v) is 5.62. The average Bonchev–Trinajstić information content (AvgIpc) is 2.86. The number of hydrogen-bond acceptors (Lipinski definition) is 6. The van der Waals surface area contributed by atoms with Crippen LogP contribution in [0, 0.1) is 0 Å². The number of aliphatic carboxylic acids is 1. The lowest BCUT2D eigenvalue weighted by atomic mass is 9.83. The van der Waals surface area contributed by atoms with Crippen molar-refractivity contribution in [3.63, 3.8) is 0 Å². The van der Waals surface area contributed by atoms with Gasteiger partial charge in [-0.15, -0.1) is 0 Å². The molecule has 172 valence electrons. The van der Waals surface area contributed by atoms with Crippen LogP contribution >= 0.6 is 0 Å². The lowest BCUT2D eigenvalue weighted by Gasteiger charge is -2.27. The number of carbonyl (C=O) groups excluding carboxylic acids is 3. The first-order chi connectivity index (χ1) is 16.4. The maximum atomic E-state index is 12.9. The molecule has 0 spiro atoms. The van der Waals surface area contributed by atoms with Crippen molar-refractivity contribution in [1.29, 1.82) is 0 Å². The van der Waals surface area contributed by atoms with Crippen LogP contribution in [0.3, 0.4) is 0 Å². The van der Waals surface area contributed by atoms with Crippen molar-refractivity contribution in [1.82, 2.24) is 4.90 Å². The molecule has 1 atom stereocenters. The minimum Gasteiger partial charge on any atom is -0.480 e. The van der Waals surface area contributed by atoms with Gasteiger partial charge in [0.05, 0.1) is 13.2 Å². The van der Waals surface area contributed by atoms with Gasteiger partial charge in [0.2, 0.25) is 0 Å². The molecule has 0 aliphatic heterocycles. The van der Waals surface area contributed by atoms with Crippen molar-refractivity contribution in [2.24, 2.45) is 0 Å². The normalized spacial score (nSPS) is 13.0. The highest BCUT2D eigenvalue weighted by Crippen LogP contribution is 2.28. The van der Waals surface area contributed by atoms with Crippen LogP contribution in [0.15, 0.2) is 72.8 Å². The molecule has 0 fully saturated rings. The van der Waals surface area contributed by atoms with Crippen molar-refractivity contribution in [3.8, 4) is 0 Å². The molecule has 8 heteroatoms. The summed E-state index contributed by atoms with van der Waals surface area (Å²) in [5.41, 5.74) is 2.28. The van der Waals surface area contributed by atoms with Crippen LogP contribution in [-0.4, -0.2) is 51.4 Å². The smallest absolute Gasteiger partial charge is 0.411 e. The van der Waals surface area contributed by atoms with E-state index in [1.54, 1.807) is 60.7 Å². The SMILES string of the molecule is O=C1c2ccccc2C(=O)c2cc(COC(=O)N(Cc3ccccc3)[C@@H](CO)C(=O)O)ccc21. The summed E-state index contributed by atoms with van der Waals surface area (Å²) in [7, 11) is 0. The van der Waals surface area contributed by atoms with E-state index in [2.05, 4.69) is 0 Å². The fourth-order valence-electron chi connectivity index (χ4n) is 3.86. The second-order valence-electron chi connectivity index (χ2n) is 7.79. The van der Waals surface area contributed by atoms with Crippen LogP contribution in [0.2, 0.25) is 0 Å². The Labute approximate surface area is 195 Å². The molecule has 3 aromatic rings. The van der Waals surface area contributed by atoms with Crippen LogP contribution in [0.5, 0.6) is 0 Å². The summed E-state index contributed by atoms with van der Waals surface area (Å²) in [6.45, 7) is -1.12. The number of rotatable bonds is 7. The average molecular weight is 459 g/mol. The number of aliphatic hydroxyl groups excluding tert-OH is 1. The Balaban J connectivity index is 1.53. The summed E-state index contributed by atoms with van der Waals surface area (Å²) in [6.07, 6.45) is -0.934. The molecule has 1 amide bonds. The monoisotopic (exact) mass is 459 g/mol. The number of fused-ring (bicyclic) bond motifs is 2. The Morgan fingerprint density at radius 3 is 2.00 bits per heavy atom. The Bertz CT molecular complexity index is 1270. The van der Waals surface area contributed by atoms with Crippen LogP contribution in [0.1, 0.15) is 43.0 Å². The van der Waals surface area contributed by atoms with Gasteiger partial charge in [-0.25, -0.2) is 9.59 Å². The lowest BCUT2D eigenvalue weighted by Crippen LogP contribution is -2.47. The first-order valence-corrected chi connectivity index (χ1v) is 10.5. The fourth-order valence-corrected chi connectivity index (χ4v) is 3.86. The first kappa shape index (κ1) is 22.9. The summed E-state index contributed by atoms with van der Waals surface area (Å²) in [6, 6.07) is 18.4. The molecule has 8 nitrogen and oxygen atoms in total. The minimum absolute atomic E-state index is 0.0782. The van der Waals surface area contributed by atoms with Gasteiger partial charge in [0, 0.05) is 22.3 Å². The number of nitrogens with zero attached hydrogens (tertiary/aromatic N) is 1. The zero-order chi connectivity index (χ0) is 24.2. The lowest BCUT2D eigenvalue weighted by molar-refractivity contribution is -0.144. The van der Waals surface area contributed by atoms with Gasteiger partial charge >= 0.3 is 12.1 Å². The number of carboxylic acid groups (broad SMARTS) is 1. The third kappa shape index (κ3) is 4.44. The van der Waals surface area contributed by atoms with Gasteiger partial charge in [0.15, 0.2) is 17.6 Å². The van der Waals surface area contributed by atoms with E-state index >= 15 is 0 Å². The van der Waals surface area contributed by atoms with E-state index in [0.29, 0.717) is 22.3 Å². The van der Waals surface area contributed by atoms with Crippen molar-refractivity contribution in [3.05, 3.63) is 106 Å². The number of hydrogen-bond donors (Lipinski definition) is 2. The molecular formula is C26H21NO7. The summed E-state index contributed by atoms with van der Waals surface area (Å²) in [4.78, 5) is 51.0. The van der Waals surface area contributed by atoms with Gasteiger partial charge in [0.25, 0.3) is 0 Å². The van der Waals surface area contributed by atoms with Gasteiger partial charge in [0.1, 0.15) is 6.61 Å². The van der Waals surface area contributed by atoms with Crippen LogP contribution in [-0.2, 0) is 22.7 Å². The van der Waals surface area contributed by atoms with Crippen molar-refractivity contribution in [2.45, 2.75) is 19.2 Å². The highest BCUT2D eigenvalue weighted by atomic mass is 16.6. The standard InChI is InChI=1S/C26H21NO7/c28-14-22(25(31)32)27(13-16-6-2-1-3-7-16)26(33)34-15-17-10-11-20-21(12-17)24(30)19-9-5-4-8-18(19)23(20)29/h1-12,22,28H,13-15H2,(H,31,32)/t22-/m0/s1. The molecule has 3 aromatic carbocycles. The number of amides is 1. The molecule has 0 unspecified atom stereocenters. The van der Waals surface area contributed by atoms with E-state index in [1.807, 2.05) is 0 Å². The minimum atomic E-state index is -1.49. The summed E-state index contributed by atoms with van der Waals surface area (Å²) in [5.74, 6) is -1.92. The molecule has 0 saturated heterocycles. The maximum absolute atomic E-state index is 12.9. The Morgan fingerprint density at radius 2 is 1.38 bits per heavy atom. The van der Waals surface area contributed by atoms with Crippen molar-refractivity contribution < 1.29 is 34.1 Å². The second kappa shape index (κ2) is 9.68. The molecule has 0 heterocycles. The molecule has 0 radical (unpaired) electrons. The van der Waals surface area contributed by atoms with Gasteiger partial charge < -0.3 is 14.9 Å². The molecule has 0 saturated carbocycles. The number of ether oxygens (including phenoxy) is 1. The quantitative estimate of drug-likeness (QED) is 0.436. The number of aliphatic hydroxyl groups is 1. The van der Waals surface area contributed by atoms with Crippen molar-refractivity contribution in [2.75, 3.05) is 6.61 Å². The first-order valence-electron chi connectivity index (χ1n) is 10.5. The summed E-state index contributed by atoms with van der Waals surface area (Å²) in [5, 5.41) is 19.0. The van der Waals surface area contributed by atoms with E-state index < -0.39 is 24.7 Å². The third-order valence-electron chi connectivity index (χ3n) is 5.62. The van der Waals surface area contributed by atoms with E-state index in [1.165, 1.54) is 12.1 Å². The van der Waals surface area contributed by atoms with Gasteiger partial charge in [-0.1, -0.05) is 60.7 Å². The van der Waals surface area contributed by atoms with E-state index in [0.717, 1.165) is 4.90 Å². The highest BCUT2D eigenvalue weighted by Gasteiger charge is 2.32. The van der Waals surface area contributed by atoms with Gasteiger partial charge in [-0.2, -0.15) is 0 Å². The Morgan fingerprint density at radius 1 is 0.794 bits per heavy atom. The molecule has 1 aliphatic carbocycles. The highest BCUT2D eigenvalue weighted by molar-refractivity contribution is 6.28. The number of ketones is 2. The van der Waals surface area contributed by atoms with Crippen LogP contribution < -0.4 is 0 Å². The Hall–Kier alpha value is -4.30. The van der Waals surface area contributed by atoms with Crippen LogP contribution in [0.25, 0.3) is 0 Å². The molecule has 4 rings (SSSR count).